The van der Waals surface area contributed by atoms with Crippen molar-refractivity contribution in [2.24, 2.45) is 5.73 Å². The van der Waals surface area contributed by atoms with Gasteiger partial charge in [-0.25, -0.2) is 0 Å². The van der Waals surface area contributed by atoms with E-state index in [9.17, 15) is 9.59 Å². The van der Waals surface area contributed by atoms with Crippen LogP contribution < -0.4 is 5.73 Å². The van der Waals surface area contributed by atoms with E-state index in [-0.39, 0.29) is 19.5 Å². The normalized spacial score (nSPS) is 11.4. The van der Waals surface area contributed by atoms with Gasteiger partial charge in [-0.3, -0.25) is 9.59 Å². The van der Waals surface area contributed by atoms with Crippen molar-refractivity contribution in [3.63, 3.8) is 0 Å². The van der Waals surface area contributed by atoms with Crippen LogP contribution in [0.4, 0.5) is 0 Å². The van der Waals surface area contributed by atoms with Crippen LogP contribution >= 0.6 is 11.6 Å². The molecule has 54 valence electrons. The Morgan fingerprint density at radius 3 is 2.10 bits per heavy atom. The van der Waals surface area contributed by atoms with E-state index in [2.05, 4.69) is 0 Å². The molecule has 6 heteroatoms. The Morgan fingerprint density at radius 2 is 2.00 bits per heavy atom. The minimum Gasteiger partial charge on any atom is -0.481 e. The van der Waals surface area contributed by atoms with Gasteiger partial charge in [-0.15, -0.1) is 0 Å². The van der Waals surface area contributed by atoms with Crippen LogP contribution in [0.3, 0.4) is 0 Å². The van der Waals surface area contributed by atoms with Crippen molar-refractivity contribution < 1.29 is 34.2 Å². The maximum absolute atomic E-state index is 10.1. The largest absolute Gasteiger partial charge is 0.481 e. The number of carboxylic acid groups (broad SMARTS) is 1. The maximum atomic E-state index is 10.1. The zero-order chi connectivity index (χ0) is 7.44. The molecule has 0 rings (SSSR count). The SMILES string of the molecule is N[C@@H](CC(=O)O)C(=O)Cl.[Zn]. The molecule has 0 fully saturated rings. The van der Waals surface area contributed by atoms with Gasteiger partial charge in [-0.2, -0.15) is 0 Å². The van der Waals surface area contributed by atoms with E-state index < -0.39 is 23.7 Å². The summed E-state index contributed by atoms with van der Waals surface area (Å²) in [4.78, 5) is 19.9. The quantitative estimate of drug-likeness (QED) is 0.495. The van der Waals surface area contributed by atoms with Gasteiger partial charge in [0.15, 0.2) is 0 Å². The topological polar surface area (TPSA) is 80.4 Å². The first-order valence-electron chi connectivity index (χ1n) is 2.20. The standard InChI is InChI=1S/C4H6ClNO3.Zn/c5-4(9)2(6)1-3(7)8;/h2H,1,6H2,(H,7,8);/t2-;/m0./s1. The smallest absolute Gasteiger partial charge is 0.305 e. The van der Waals surface area contributed by atoms with Crippen LogP contribution in [0.15, 0.2) is 0 Å². The van der Waals surface area contributed by atoms with Gasteiger partial charge in [0.2, 0.25) is 5.24 Å². The summed E-state index contributed by atoms with van der Waals surface area (Å²) in [5.74, 6) is -1.13. The summed E-state index contributed by atoms with van der Waals surface area (Å²) in [6, 6.07) is -1.08. The van der Waals surface area contributed by atoms with Crippen molar-refractivity contribution in [3.05, 3.63) is 0 Å². The molecule has 0 spiro atoms. The minimum atomic E-state index is -1.13. The van der Waals surface area contributed by atoms with Crippen molar-refractivity contribution in [2.75, 3.05) is 0 Å². The number of nitrogens with two attached hydrogens (primary N) is 1. The molecular weight excluding hydrogens is 211 g/mol. The maximum Gasteiger partial charge on any atom is 0.305 e. The fourth-order valence-electron chi connectivity index (χ4n) is 0.268. The van der Waals surface area contributed by atoms with Gasteiger partial charge >= 0.3 is 5.97 Å². The summed E-state index contributed by atoms with van der Waals surface area (Å²) in [6.45, 7) is 0. The van der Waals surface area contributed by atoms with Gasteiger partial charge in [-0.1, -0.05) is 0 Å². The third-order valence-electron chi connectivity index (χ3n) is 0.686. The summed E-state index contributed by atoms with van der Waals surface area (Å²) >= 11 is 4.85. The van der Waals surface area contributed by atoms with Crippen molar-refractivity contribution in [3.8, 4) is 0 Å². The summed E-state index contributed by atoms with van der Waals surface area (Å²) in [6.07, 6.45) is -0.414. The van der Waals surface area contributed by atoms with Crippen molar-refractivity contribution >= 4 is 22.8 Å². The van der Waals surface area contributed by atoms with Gasteiger partial charge in [0.05, 0.1) is 12.5 Å². The Kier molecular flexibility index (Phi) is 7.31. The molecule has 0 amide bonds. The fraction of sp³-hybridized carbons (Fsp3) is 0.500. The Balaban J connectivity index is 0. The predicted octanol–water partition coefficient (Wildman–Crippen LogP) is -0.449. The van der Waals surface area contributed by atoms with Crippen LogP contribution in [-0.2, 0) is 29.1 Å². The second kappa shape index (κ2) is 5.77. The molecule has 1 atom stereocenters. The molecule has 0 aromatic rings. The van der Waals surface area contributed by atoms with Crippen molar-refractivity contribution in [2.45, 2.75) is 12.5 Å². The van der Waals surface area contributed by atoms with Crippen LogP contribution in [0.25, 0.3) is 0 Å². The van der Waals surface area contributed by atoms with Crippen LogP contribution in [-0.4, -0.2) is 22.4 Å². The van der Waals surface area contributed by atoms with Crippen LogP contribution in [0.2, 0.25) is 0 Å². The van der Waals surface area contributed by atoms with E-state index in [0.717, 1.165) is 0 Å². The van der Waals surface area contributed by atoms with Gasteiger partial charge in [0.25, 0.3) is 0 Å². The second-order valence-corrected chi connectivity index (χ2v) is 1.88. The third kappa shape index (κ3) is 6.14. The molecule has 0 unspecified atom stereocenters. The molecule has 0 aliphatic rings. The number of aliphatic carboxylic acids is 1. The Labute approximate surface area is 75.5 Å². The number of carboxylic acids is 1. The molecule has 4 nitrogen and oxygen atoms in total. The average molecular weight is 217 g/mol. The van der Waals surface area contributed by atoms with Crippen molar-refractivity contribution in [1.29, 1.82) is 0 Å². The molecule has 0 saturated carbocycles. The van der Waals surface area contributed by atoms with Crippen LogP contribution in [0.5, 0.6) is 0 Å². The van der Waals surface area contributed by atoms with Crippen LogP contribution in [0.1, 0.15) is 6.42 Å². The van der Waals surface area contributed by atoms with Crippen molar-refractivity contribution in [1.82, 2.24) is 0 Å². The molecule has 0 aromatic heterocycles. The van der Waals surface area contributed by atoms with Gasteiger partial charge in [-0.05, 0) is 11.6 Å². The van der Waals surface area contributed by atoms with Gasteiger partial charge in [0.1, 0.15) is 0 Å². The Bertz CT molecular complexity index is 140. The first-order valence-corrected chi connectivity index (χ1v) is 2.58. The summed E-state index contributed by atoms with van der Waals surface area (Å²) in [7, 11) is 0. The number of hydrogen-bond donors (Lipinski definition) is 2. The molecule has 0 radical (unpaired) electrons. The van der Waals surface area contributed by atoms with Crippen LogP contribution in [0, 0.1) is 0 Å². The minimum absolute atomic E-state index is 0. The monoisotopic (exact) mass is 215 g/mol. The summed E-state index contributed by atoms with van der Waals surface area (Å²) in [5, 5.41) is 7.22. The number of carbonyl (C=O) groups excluding carboxylic acids is 1. The number of rotatable bonds is 3. The van der Waals surface area contributed by atoms with E-state index in [1.807, 2.05) is 0 Å². The first kappa shape index (κ1) is 12.7. The molecule has 0 bridgehead atoms. The molecular formula is C4H6ClNO3Zn. The van der Waals surface area contributed by atoms with E-state index in [4.69, 9.17) is 22.4 Å². The van der Waals surface area contributed by atoms with E-state index in [0.29, 0.717) is 0 Å². The zero-order valence-corrected chi connectivity index (χ0v) is 8.93. The number of carbonyl (C=O) groups is 2. The molecule has 0 heterocycles. The third-order valence-corrected chi connectivity index (χ3v) is 0.966. The molecule has 0 saturated heterocycles. The zero-order valence-electron chi connectivity index (χ0n) is 5.21. The van der Waals surface area contributed by atoms with Gasteiger partial charge in [0, 0.05) is 19.5 Å². The number of halogens is 1. The van der Waals surface area contributed by atoms with Gasteiger partial charge < -0.3 is 10.8 Å². The summed E-state index contributed by atoms with van der Waals surface area (Å²) < 4.78 is 0. The second-order valence-electron chi connectivity index (χ2n) is 1.51. The molecule has 0 aliphatic carbocycles. The molecule has 0 aliphatic heterocycles. The molecule has 0 aromatic carbocycles. The molecule has 3 N–H and O–H groups in total. The summed E-state index contributed by atoms with van der Waals surface area (Å²) in [5.41, 5.74) is 4.96. The molecule has 10 heavy (non-hydrogen) atoms. The Hall–Kier alpha value is 0.0134. The fourth-order valence-corrected chi connectivity index (χ4v) is 0.346. The Morgan fingerprint density at radius 1 is 1.60 bits per heavy atom. The van der Waals surface area contributed by atoms with E-state index in [1.165, 1.54) is 0 Å². The predicted molar refractivity (Wildman–Crippen MR) is 31.1 cm³/mol. The van der Waals surface area contributed by atoms with E-state index >= 15 is 0 Å². The first-order chi connectivity index (χ1) is 4.04. The van der Waals surface area contributed by atoms with E-state index in [1.54, 1.807) is 0 Å². The average Bonchev–Trinajstić information content (AvgIpc) is 1.63. The number of hydrogen-bond acceptors (Lipinski definition) is 3.